The normalized spacial score (nSPS) is 17.1. The molecule has 7 heteroatoms. The van der Waals surface area contributed by atoms with E-state index in [1.165, 1.54) is 31.0 Å². The minimum atomic E-state index is -0.915. The lowest BCUT2D eigenvalue weighted by Crippen LogP contribution is -2.38. The minimum Gasteiger partial charge on any atom is -0.478 e. The van der Waals surface area contributed by atoms with Crippen LogP contribution in [0.3, 0.4) is 0 Å². The molecule has 3 rings (SSSR count). The Labute approximate surface area is 164 Å². The Morgan fingerprint density at radius 1 is 1.33 bits per heavy atom. The summed E-state index contributed by atoms with van der Waals surface area (Å²) in [5.74, 6) is 0.652. The highest BCUT2D eigenvalue weighted by atomic mass is 32.2. The van der Waals surface area contributed by atoms with Gasteiger partial charge in [-0.1, -0.05) is 23.9 Å². The van der Waals surface area contributed by atoms with Gasteiger partial charge in [-0.25, -0.2) is 14.8 Å². The molecule has 0 saturated carbocycles. The van der Waals surface area contributed by atoms with Gasteiger partial charge in [0.2, 0.25) is 0 Å². The summed E-state index contributed by atoms with van der Waals surface area (Å²) in [6.45, 7) is 3.69. The summed E-state index contributed by atoms with van der Waals surface area (Å²) in [6, 6.07) is 9.47. The smallest absolute Gasteiger partial charge is 0.335 e. The number of carboxylic acid groups (broad SMARTS) is 1. The maximum Gasteiger partial charge on any atom is 0.335 e. The number of benzene rings is 1. The van der Waals surface area contributed by atoms with Gasteiger partial charge in [0.1, 0.15) is 5.82 Å². The van der Waals surface area contributed by atoms with Gasteiger partial charge in [-0.3, -0.25) is 0 Å². The lowest BCUT2D eigenvalue weighted by Gasteiger charge is -2.34. The van der Waals surface area contributed by atoms with Crippen molar-refractivity contribution in [3.63, 3.8) is 0 Å². The zero-order valence-electron chi connectivity index (χ0n) is 15.7. The third-order valence-electron chi connectivity index (χ3n) is 4.68. The number of carboxylic acids is 1. The Bertz CT molecular complexity index is 800. The zero-order valence-corrected chi connectivity index (χ0v) is 16.5. The molecular formula is C20H25N3O3S. The van der Waals surface area contributed by atoms with E-state index in [9.17, 15) is 4.79 Å². The second-order valence-corrected chi connectivity index (χ2v) is 7.71. The van der Waals surface area contributed by atoms with Crippen LogP contribution in [0.1, 0.15) is 47.8 Å². The maximum absolute atomic E-state index is 11.1. The standard InChI is InChI=1S/C20H25N3O3S/c1-14-6-3-4-9-23(14)18-11-17(12-26-2)21-20(22-18)27-13-15-7-5-8-16(10-15)19(24)25/h5,7-8,10-11,14H,3-4,6,9,12-13H2,1-2H3,(H,24,25)/t14-/m1/s1. The first-order valence-corrected chi connectivity index (χ1v) is 10.1. The van der Waals surface area contributed by atoms with E-state index >= 15 is 0 Å². The van der Waals surface area contributed by atoms with E-state index < -0.39 is 5.97 Å². The number of hydrogen-bond donors (Lipinski definition) is 1. The maximum atomic E-state index is 11.1. The summed E-state index contributed by atoms with van der Waals surface area (Å²) in [5.41, 5.74) is 2.10. The van der Waals surface area contributed by atoms with Gasteiger partial charge in [0.05, 0.1) is 17.9 Å². The Morgan fingerprint density at radius 3 is 2.93 bits per heavy atom. The summed E-state index contributed by atoms with van der Waals surface area (Å²) < 4.78 is 5.27. The number of aromatic carboxylic acids is 1. The molecule has 0 aliphatic carbocycles. The van der Waals surface area contributed by atoms with Crippen LogP contribution in [0.25, 0.3) is 0 Å². The number of aromatic nitrogens is 2. The third kappa shape index (κ3) is 5.20. The van der Waals surface area contributed by atoms with Crippen molar-refractivity contribution >= 4 is 23.5 Å². The van der Waals surface area contributed by atoms with E-state index in [1.54, 1.807) is 25.3 Å². The highest BCUT2D eigenvalue weighted by molar-refractivity contribution is 7.98. The average Bonchev–Trinajstić information content (AvgIpc) is 2.67. The van der Waals surface area contributed by atoms with Crippen LogP contribution in [0, 0.1) is 0 Å². The van der Waals surface area contributed by atoms with E-state index in [-0.39, 0.29) is 0 Å². The van der Waals surface area contributed by atoms with Crippen LogP contribution in [-0.2, 0) is 17.1 Å². The van der Waals surface area contributed by atoms with E-state index in [0.717, 1.165) is 23.6 Å². The summed E-state index contributed by atoms with van der Waals surface area (Å²) in [4.78, 5) is 22.9. The number of hydrogen-bond acceptors (Lipinski definition) is 6. The number of rotatable bonds is 7. The Hall–Kier alpha value is -2.12. The molecule has 144 valence electrons. The van der Waals surface area contributed by atoms with Crippen molar-refractivity contribution in [3.8, 4) is 0 Å². The van der Waals surface area contributed by atoms with Gasteiger partial charge in [0.15, 0.2) is 5.16 Å². The Balaban J connectivity index is 1.79. The minimum absolute atomic E-state index is 0.296. The fraction of sp³-hybridized carbons (Fsp3) is 0.450. The fourth-order valence-electron chi connectivity index (χ4n) is 3.27. The first kappa shape index (κ1) is 19.6. The van der Waals surface area contributed by atoms with E-state index in [0.29, 0.717) is 29.1 Å². The summed E-state index contributed by atoms with van der Waals surface area (Å²) in [7, 11) is 1.66. The van der Waals surface area contributed by atoms with Crippen molar-refractivity contribution in [1.82, 2.24) is 9.97 Å². The molecule has 1 aliphatic heterocycles. The molecule has 2 heterocycles. The number of carbonyl (C=O) groups is 1. The van der Waals surface area contributed by atoms with Gasteiger partial charge in [-0.2, -0.15) is 0 Å². The monoisotopic (exact) mass is 387 g/mol. The van der Waals surface area contributed by atoms with Crippen molar-refractivity contribution in [2.75, 3.05) is 18.6 Å². The molecule has 0 amide bonds. The molecule has 0 radical (unpaired) electrons. The molecule has 1 aliphatic rings. The van der Waals surface area contributed by atoms with Crippen molar-refractivity contribution in [2.24, 2.45) is 0 Å². The molecule has 27 heavy (non-hydrogen) atoms. The SMILES string of the molecule is COCc1cc(N2CCCC[C@H]2C)nc(SCc2cccc(C(=O)O)c2)n1. The highest BCUT2D eigenvalue weighted by Crippen LogP contribution is 2.27. The molecule has 0 unspecified atom stereocenters. The third-order valence-corrected chi connectivity index (χ3v) is 5.59. The van der Waals surface area contributed by atoms with E-state index in [4.69, 9.17) is 14.8 Å². The molecule has 1 aromatic heterocycles. The van der Waals surface area contributed by atoms with Crippen molar-refractivity contribution in [2.45, 2.75) is 49.7 Å². The highest BCUT2D eigenvalue weighted by Gasteiger charge is 2.21. The number of anilines is 1. The predicted molar refractivity (Wildman–Crippen MR) is 106 cm³/mol. The van der Waals surface area contributed by atoms with Crippen LogP contribution in [0.4, 0.5) is 5.82 Å². The Morgan fingerprint density at radius 2 is 2.19 bits per heavy atom. The van der Waals surface area contributed by atoms with Crippen LogP contribution >= 0.6 is 11.8 Å². The second-order valence-electron chi connectivity index (χ2n) is 6.77. The Kier molecular flexibility index (Phi) is 6.68. The molecule has 1 N–H and O–H groups in total. The van der Waals surface area contributed by atoms with E-state index in [1.807, 2.05) is 12.1 Å². The second kappa shape index (κ2) is 9.19. The van der Waals surface area contributed by atoms with Crippen LogP contribution < -0.4 is 4.90 Å². The zero-order chi connectivity index (χ0) is 19.2. The van der Waals surface area contributed by atoms with Crippen molar-refractivity contribution in [3.05, 3.63) is 47.2 Å². The molecule has 0 spiro atoms. The molecule has 1 fully saturated rings. The van der Waals surface area contributed by atoms with Gasteiger partial charge < -0.3 is 14.7 Å². The van der Waals surface area contributed by atoms with Gasteiger partial charge in [-0.05, 0) is 43.9 Å². The first-order chi connectivity index (χ1) is 13.1. The molecular weight excluding hydrogens is 362 g/mol. The fourth-order valence-corrected chi connectivity index (χ4v) is 4.09. The number of nitrogens with zero attached hydrogens (tertiary/aromatic N) is 3. The lowest BCUT2D eigenvalue weighted by atomic mass is 10.0. The summed E-state index contributed by atoms with van der Waals surface area (Å²) in [5, 5.41) is 9.84. The van der Waals surface area contributed by atoms with Crippen LogP contribution in [0.5, 0.6) is 0 Å². The van der Waals surface area contributed by atoms with Crippen LogP contribution in [0.15, 0.2) is 35.5 Å². The molecule has 2 aromatic rings. The number of ether oxygens (including phenoxy) is 1. The van der Waals surface area contributed by atoms with Crippen molar-refractivity contribution < 1.29 is 14.6 Å². The van der Waals surface area contributed by atoms with Crippen LogP contribution in [0.2, 0.25) is 0 Å². The van der Waals surface area contributed by atoms with Crippen molar-refractivity contribution in [1.29, 1.82) is 0 Å². The van der Waals surface area contributed by atoms with Gasteiger partial charge in [0.25, 0.3) is 0 Å². The average molecular weight is 388 g/mol. The number of thioether (sulfide) groups is 1. The molecule has 0 bridgehead atoms. The summed E-state index contributed by atoms with van der Waals surface area (Å²) in [6.07, 6.45) is 3.61. The quantitative estimate of drug-likeness (QED) is 0.568. The van der Waals surface area contributed by atoms with E-state index in [2.05, 4.69) is 16.8 Å². The molecule has 1 aromatic carbocycles. The molecule has 6 nitrogen and oxygen atoms in total. The first-order valence-electron chi connectivity index (χ1n) is 9.15. The van der Waals surface area contributed by atoms with Crippen LogP contribution in [-0.4, -0.2) is 40.7 Å². The number of piperidine rings is 1. The predicted octanol–water partition coefficient (Wildman–Crippen LogP) is 3.99. The van der Waals surface area contributed by atoms with Gasteiger partial charge >= 0.3 is 5.97 Å². The molecule has 1 atom stereocenters. The topological polar surface area (TPSA) is 75.5 Å². The largest absolute Gasteiger partial charge is 0.478 e. The van der Waals surface area contributed by atoms with Gasteiger partial charge in [-0.15, -0.1) is 0 Å². The number of methoxy groups -OCH3 is 1. The lowest BCUT2D eigenvalue weighted by molar-refractivity contribution is 0.0697. The summed E-state index contributed by atoms with van der Waals surface area (Å²) >= 11 is 1.52. The molecule has 1 saturated heterocycles. The van der Waals surface area contributed by atoms with Gasteiger partial charge in [0, 0.05) is 31.5 Å².